The summed E-state index contributed by atoms with van der Waals surface area (Å²) in [5.74, 6) is 1.79. The van der Waals surface area contributed by atoms with Crippen LogP contribution in [-0.2, 0) is 0 Å². The first-order chi connectivity index (χ1) is 8.63. The van der Waals surface area contributed by atoms with E-state index >= 15 is 0 Å². The van der Waals surface area contributed by atoms with E-state index in [-0.39, 0.29) is 0 Å². The number of nitrogens with one attached hydrogen (secondary N) is 1. The molecule has 0 aliphatic heterocycles. The third-order valence-electron chi connectivity index (χ3n) is 2.88. The standard InChI is InChI=1S/C14H19N3S/c1-5-7-15-14-10(3)12(16-11(4)17-14)13-9(2)6-8-18-13/h6,8H,5,7H2,1-4H3,(H,15,16,17). The van der Waals surface area contributed by atoms with Gasteiger partial charge < -0.3 is 5.32 Å². The summed E-state index contributed by atoms with van der Waals surface area (Å²) in [4.78, 5) is 10.3. The van der Waals surface area contributed by atoms with Gasteiger partial charge in [0.15, 0.2) is 0 Å². The summed E-state index contributed by atoms with van der Waals surface area (Å²) >= 11 is 1.74. The molecule has 2 rings (SSSR count). The molecule has 0 aliphatic rings. The largest absolute Gasteiger partial charge is 0.370 e. The number of aryl methyl sites for hydroxylation is 2. The van der Waals surface area contributed by atoms with Crippen LogP contribution >= 0.6 is 11.3 Å². The van der Waals surface area contributed by atoms with Gasteiger partial charge in [-0.15, -0.1) is 11.3 Å². The normalized spacial score (nSPS) is 10.7. The fourth-order valence-corrected chi connectivity index (χ4v) is 2.85. The van der Waals surface area contributed by atoms with Gasteiger partial charge in [0.2, 0.25) is 0 Å². The lowest BCUT2D eigenvalue weighted by Crippen LogP contribution is -2.07. The number of hydrogen-bond donors (Lipinski definition) is 1. The Morgan fingerprint density at radius 3 is 2.61 bits per heavy atom. The number of anilines is 1. The van der Waals surface area contributed by atoms with Crippen molar-refractivity contribution >= 4 is 17.2 Å². The molecule has 0 spiro atoms. The average molecular weight is 261 g/mol. The van der Waals surface area contributed by atoms with Gasteiger partial charge in [0.25, 0.3) is 0 Å². The fraction of sp³-hybridized carbons (Fsp3) is 0.429. The Balaban J connectivity index is 2.48. The van der Waals surface area contributed by atoms with E-state index in [1.165, 1.54) is 10.4 Å². The Labute approximate surface area is 112 Å². The zero-order valence-electron chi connectivity index (χ0n) is 11.4. The zero-order valence-corrected chi connectivity index (χ0v) is 12.2. The molecule has 2 aromatic heterocycles. The molecule has 0 bridgehead atoms. The first-order valence-corrected chi connectivity index (χ1v) is 7.15. The van der Waals surface area contributed by atoms with E-state index in [4.69, 9.17) is 0 Å². The van der Waals surface area contributed by atoms with E-state index in [1.54, 1.807) is 11.3 Å². The van der Waals surface area contributed by atoms with Crippen molar-refractivity contribution < 1.29 is 0 Å². The summed E-state index contributed by atoms with van der Waals surface area (Å²) in [6, 6.07) is 2.13. The van der Waals surface area contributed by atoms with Crippen LogP contribution in [0.2, 0.25) is 0 Å². The molecular formula is C14H19N3S. The summed E-state index contributed by atoms with van der Waals surface area (Å²) in [5.41, 5.74) is 3.48. The van der Waals surface area contributed by atoms with E-state index in [2.05, 4.69) is 47.5 Å². The minimum Gasteiger partial charge on any atom is -0.370 e. The number of nitrogens with zero attached hydrogens (tertiary/aromatic N) is 2. The molecular weight excluding hydrogens is 242 g/mol. The monoisotopic (exact) mass is 261 g/mol. The maximum absolute atomic E-state index is 4.60. The first-order valence-electron chi connectivity index (χ1n) is 6.27. The van der Waals surface area contributed by atoms with Crippen molar-refractivity contribution in [3.8, 4) is 10.6 Å². The van der Waals surface area contributed by atoms with Crippen LogP contribution < -0.4 is 5.32 Å². The number of aromatic nitrogens is 2. The van der Waals surface area contributed by atoms with Gasteiger partial charge in [0.1, 0.15) is 11.6 Å². The molecule has 2 heterocycles. The molecule has 0 fully saturated rings. The Morgan fingerprint density at radius 2 is 2.00 bits per heavy atom. The van der Waals surface area contributed by atoms with Crippen molar-refractivity contribution in [2.45, 2.75) is 34.1 Å². The van der Waals surface area contributed by atoms with Gasteiger partial charge in [-0.1, -0.05) is 6.92 Å². The first kappa shape index (κ1) is 13.0. The van der Waals surface area contributed by atoms with Crippen molar-refractivity contribution in [3.05, 3.63) is 28.4 Å². The third-order valence-corrected chi connectivity index (χ3v) is 3.90. The van der Waals surface area contributed by atoms with Gasteiger partial charge in [-0.25, -0.2) is 9.97 Å². The second kappa shape index (κ2) is 5.48. The maximum atomic E-state index is 4.60. The SMILES string of the molecule is CCCNc1nc(C)nc(-c2sccc2C)c1C. The van der Waals surface area contributed by atoms with Crippen LogP contribution in [0.3, 0.4) is 0 Å². The molecule has 96 valence electrons. The predicted molar refractivity (Wildman–Crippen MR) is 78.3 cm³/mol. The summed E-state index contributed by atoms with van der Waals surface area (Å²) in [5, 5.41) is 5.49. The topological polar surface area (TPSA) is 37.8 Å². The van der Waals surface area contributed by atoms with Crippen LogP contribution in [0.4, 0.5) is 5.82 Å². The highest BCUT2D eigenvalue weighted by Crippen LogP contribution is 2.32. The molecule has 0 radical (unpaired) electrons. The fourth-order valence-electron chi connectivity index (χ4n) is 1.88. The summed E-state index contributed by atoms with van der Waals surface area (Å²) in [7, 11) is 0. The van der Waals surface area contributed by atoms with Crippen molar-refractivity contribution in [2.24, 2.45) is 0 Å². The quantitative estimate of drug-likeness (QED) is 0.905. The number of thiophene rings is 1. The highest BCUT2D eigenvalue weighted by atomic mass is 32.1. The molecule has 0 atom stereocenters. The molecule has 4 heteroatoms. The van der Waals surface area contributed by atoms with Crippen LogP contribution in [0.5, 0.6) is 0 Å². The van der Waals surface area contributed by atoms with Crippen molar-refractivity contribution in [3.63, 3.8) is 0 Å². The van der Waals surface area contributed by atoms with Crippen LogP contribution in [0.15, 0.2) is 11.4 Å². The van der Waals surface area contributed by atoms with E-state index in [9.17, 15) is 0 Å². The smallest absolute Gasteiger partial charge is 0.133 e. The molecule has 18 heavy (non-hydrogen) atoms. The Morgan fingerprint density at radius 1 is 1.22 bits per heavy atom. The minimum absolute atomic E-state index is 0.821. The molecule has 0 saturated heterocycles. The second-order valence-electron chi connectivity index (χ2n) is 4.45. The zero-order chi connectivity index (χ0) is 13.1. The molecule has 0 aliphatic carbocycles. The van der Waals surface area contributed by atoms with E-state index < -0.39 is 0 Å². The summed E-state index contributed by atoms with van der Waals surface area (Å²) in [6.07, 6.45) is 1.09. The van der Waals surface area contributed by atoms with E-state index in [0.29, 0.717) is 0 Å². The Kier molecular flexibility index (Phi) is 3.97. The van der Waals surface area contributed by atoms with Crippen LogP contribution in [0, 0.1) is 20.8 Å². The van der Waals surface area contributed by atoms with Gasteiger partial charge in [-0.2, -0.15) is 0 Å². The van der Waals surface area contributed by atoms with Gasteiger partial charge in [-0.3, -0.25) is 0 Å². The Hall–Kier alpha value is -1.42. The Bertz CT molecular complexity index is 546. The molecule has 0 aromatic carbocycles. The number of rotatable bonds is 4. The van der Waals surface area contributed by atoms with Gasteiger partial charge in [-0.05, 0) is 44.2 Å². The van der Waals surface area contributed by atoms with Crippen LogP contribution in [-0.4, -0.2) is 16.5 Å². The lowest BCUT2D eigenvalue weighted by atomic mass is 10.1. The van der Waals surface area contributed by atoms with Crippen molar-refractivity contribution in [1.82, 2.24) is 9.97 Å². The lowest BCUT2D eigenvalue weighted by Gasteiger charge is -2.12. The molecule has 1 N–H and O–H groups in total. The summed E-state index contributed by atoms with van der Waals surface area (Å²) < 4.78 is 0. The van der Waals surface area contributed by atoms with E-state index in [0.717, 1.165) is 35.9 Å². The highest BCUT2D eigenvalue weighted by Gasteiger charge is 2.13. The van der Waals surface area contributed by atoms with Gasteiger partial charge in [0, 0.05) is 12.1 Å². The minimum atomic E-state index is 0.821. The average Bonchev–Trinajstić information content (AvgIpc) is 2.76. The molecule has 3 nitrogen and oxygen atoms in total. The molecule has 0 saturated carbocycles. The molecule has 2 aromatic rings. The van der Waals surface area contributed by atoms with Gasteiger partial charge in [0.05, 0.1) is 10.6 Å². The molecule has 0 unspecified atom stereocenters. The maximum Gasteiger partial charge on any atom is 0.133 e. The highest BCUT2D eigenvalue weighted by molar-refractivity contribution is 7.13. The lowest BCUT2D eigenvalue weighted by molar-refractivity contribution is 0.948. The van der Waals surface area contributed by atoms with Gasteiger partial charge >= 0.3 is 0 Å². The van der Waals surface area contributed by atoms with Crippen LogP contribution in [0.25, 0.3) is 10.6 Å². The predicted octanol–water partition coefficient (Wildman–Crippen LogP) is 3.95. The van der Waals surface area contributed by atoms with E-state index in [1.807, 2.05) is 6.92 Å². The molecule has 0 amide bonds. The van der Waals surface area contributed by atoms with Crippen molar-refractivity contribution in [2.75, 3.05) is 11.9 Å². The number of hydrogen-bond acceptors (Lipinski definition) is 4. The van der Waals surface area contributed by atoms with Crippen molar-refractivity contribution in [1.29, 1.82) is 0 Å². The second-order valence-corrected chi connectivity index (χ2v) is 5.37. The third kappa shape index (κ3) is 2.53. The van der Waals surface area contributed by atoms with Crippen LogP contribution in [0.1, 0.15) is 30.3 Å². The summed E-state index contributed by atoms with van der Waals surface area (Å²) in [6.45, 7) is 9.26.